The predicted molar refractivity (Wildman–Crippen MR) is 41.2 cm³/mol. The zero-order chi connectivity index (χ0) is 8.27. The molecular weight excluding hydrogens is 166 g/mol. The van der Waals surface area contributed by atoms with Gasteiger partial charge in [0.15, 0.2) is 0 Å². The van der Waals surface area contributed by atoms with Crippen LogP contribution in [0.2, 0.25) is 0 Å². The first-order chi connectivity index (χ1) is 5.20. The molecule has 2 N–H and O–H groups in total. The van der Waals surface area contributed by atoms with Gasteiger partial charge in [-0.25, -0.2) is 4.79 Å². The molecular formula is C6H7NO3S. The number of carboxylic acids is 1. The third kappa shape index (κ3) is 2.27. The van der Waals surface area contributed by atoms with Crippen molar-refractivity contribution in [3.05, 3.63) is 11.0 Å². The molecule has 1 saturated heterocycles. The monoisotopic (exact) mass is 173 g/mol. The smallest absolute Gasteiger partial charge is 0.329 e. The molecule has 0 unspecified atom stereocenters. The highest BCUT2D eigenvalue weighted by Gasteiger charge is 2.15. The number of aliphatic carboxylic acids is 1. The van der Waals surface area contributed by atoms with Crippen LogP contribution in [-0.2, 0) is 9.59 Å². The first-order valence-electron chi connectivity index (χ1n) is 3.06. The lowest BCUT2D eigenvalue weighted by Crippen LogP contribution is -2.31. The van der Waals surface area contributed by atoms with Crippen LogP contribution in [-0.4, -0.2) is 29.3 Å². The maximum atomic E-state index is 10.9. The molecule has 1 aliphatic heterocycles. The van der Waals surface area contributed by atoms with Crippen molar-refractivity contribution >= 4 is 23.6 Å². The number of hydrogen-bond acceptors (Lipinski definition) is 3. The van der Waals surface area contributed by atoms with Crippen molar-refractivity contribution in [1.29, 1.82) is 0 Å². The van der Waals surface area contributed by atoms with E-state index in [0.29, 0.717) is 6.54 Å². The van der Waals surface area contributed by atoms with E-state index in [1.807, 2.05) is 0 Å². The highest BCUT2D eigenvalue weighted by Crippen LogP contribution is 2.17. The summed E-state index contributed by atoms with van der Waals surface area (Å²) in [6.07, 6.45) is 0.930. The van der Waals surface area contributed by atoms with E-state index in [0.717, 1.165) is 11.8 Å². The minimum atomic E-state index is -1.08. The van der Waals surface area contributed by atoms with Crippen molar-refractivity contribution in [2.45, 2.75) is 0 Å². The summed E-state index contributed by atoms with van der Waals surface area (Å²) in [7, 11) is 0. The van der Waals surface area contributed by atoms with E-state index in [-0.39, 0.29) is 10.8 Å². The van der Waals surface area contributed by atoms with Crippen molar-refractivity contribution in [3.8, 4) is 0 Å². The Labute approximate surface area is 67.7 Å². The molecule has 0 bridgehead atoms. The summed E-state index contributed by atoms with van der Waals surface area (Å²) >= 11 is 1.27. The first-order valence-corrected chi connectivity index (χ1v) is 4.04. The molecule has 4 nitrogen and oxygen atoms in total. The summed E-state index contributed by atoms with van der Waals surface area (Å²) in [5.41, 5.74) is 0. The molecule has 1 rings (SSSR count). The average molecular weight is 173 g/mol. The normalized spacial score (nSPS) is 21.5. The highest BCUT2D eigenvalue weighted by atomic mass is 32.2. The molecule has 0 atom stereocenters. The van der Waals surface area contributed by atoms with Crippen LogP contribution in [0.15, 0.2) is 11.0 Å². The number of amides is 1. The molecule has 0 aromatic rings. The summed E-state index contributed by atoms with van der Waals surface area (Å²) in [5.74, 6) is -0.626. The van der Waals surface area contributed by atoms with E-state index in [2.05, 4.69) is 5.32 Å². The Bertz CT molecular complexity index is 224. The second-order valence-electron chi connectivity index (χ2n) is 1.95. The van der Waals surface area contributed by atoms with Gasteiger partial charge in [0.1, 0.15) is 0 Å². The third-order valence-corrected chi connectivity index (χ3v) is 2.15. The average Bonchev–Trinajstić information content (AvgIpc) is 1.93. The fraction of sp³-hybridized carbons (Fsp3) is 0.333. The van der Waals surface area contributed by atoms with Crippen molar-refractivity contribution in [2.75, 3.05) is 12.3 Å². The van der Waals surface area contributed by atoms with Crippen LogP contribution in [0.3, 0.4) is 0 Å². The Kier molecular flexibility index (Phi) is 2.53. The molecule has 60 valence electrons. The van der Waals surface area contributed by atoms with Gasteiger partial charge in [-0.15, -0.1) is 11.8 Å². The zero-order valence-electron chi connectivity index (χ0n) is 5.66. The van der Waals surface area contributed by atoms with Gasteiger partial charge < -0.3 is 10.4 Å². The van der Waals surface area contributed by atoms with Crippen LogP contribution in [0, 0.1) is 0 Å². The minimum Gasteiger partial charge on any atom is -0.478 e. The van der Waals surface area contributed by atoms with E-state index in [4.69, 9.17) is 5.11 Å². The largest absolute Gasteiger partial charge is 0.478 e. The number of thioether (sulfide) groups is 1. The Balaban J connectivity index is 2.68. The lowest BCUT2D eigenvalue weighted by Gasteiger charge is -2.12. The molecule has 11 heavy (non-hydrogen) atoms. The second-order valence-corrected chi connectivity index (χ2v) is 3.09. The quantitative estimate of drug-likeness (QED) is 0.540. The number of rotatable bonds is 1. The summed E-state index contributed by atoms with van der Waals surface area (Å²) in [6, 6.07) is 0. The number of carbonyl (C=O) groups excluding carboxylic acids is 1. The highest BCUT2D eigenvalue weighted by molar-refractivity contribution is 8.04. The third-order valence-electron chi connectivity index (χ3n) is 1.12. The SMILES string of the molecule is O=C(O)/C=C1/SCCNC1=O. The minimum absolute atomic E-state index is 0.281. The number of nitrogens with one attached hydrogen (secondary N) is 1. The van der Waals surface area contributed by atoms with Crippen LogP contribution in [0.5, 0.6) is 0 Å². The van der Waals surface area contributed by atoms with E-state index in [1.165, 1.54) is 11.8 Å². The van der Waals surface area contributed by atoms with Crippen molar-refractivity contribution in [2.24, 2.45) is 0 Å². The number of carboxylic acid groups (broad SMARTS) is 1. The summed E-state index contributed by atoms with van der Waals surface area (Å²) in [6.45, 7) is 0.612. The van der Waals surface area contributed by atoms with E-state index in [1.54, 1.807) is 0 Å². The van der Waals surface area contributed by atoms with Gasteiger partial charge in [-0.1, -0.05) is 0 Å². The van der Waals surface area contributed by atoms with E-state index in [9.17, 15) is 9.59 Å². The van der Waals surface area contributed by atoms with Crippen LogP contribution in [0.25, 0.3) is 0 Å². The van der Waals surface area contributed by atoms with Crippen molar-refractivity contribution < 1.29 is 14.7 Å². The van der Waals surface area contributed by atoms with Gasteiger partial charge in [0.2, 0.25) is 0 Å². The van der Waals surface area contributed by atoms with E-state index < -0.39 is 5.97 Å². The molecule has 5 heteroatoms. The standard InChI is InChI=1S/C6H7NO3S/c8-5(9)3-4-6(10)7-1-2-11-4/h3H,1-2H2,(H,7,10)(H,8,9)/b4-3+. The maximum Gasteiger partial charge on any atom is 0.329 e. The summed E-state index contributed by atoms with van der Waals surface area (Å²) < 4.78 is 0. The molecule has 0 spiro atoms. The van der Waals surface area contributed by atoms with Crippen LogP contribution < -0.4 is 5.32 Å². The molecule has 1 heterocycles. The number of carbonyl (C=O) groups is 2. The fourth-order valence-electron chi connectivity index (χ4n) is 0.698. The molecule has 0 saturated carbocycles. The topological polar surface area (TPSA) is 66.4 Å². The van der Waals surface area contributed by atoms with E-state index >= 15 is 0 Å². The molecule has 0 aromatic heterocycles. The zero-order valence-corrected chi connectivity index (χ0v) is 6.48. The molecule has 0 aromatic carbocycles. The van der Waals surface area contributed by atoms with Gasteiger partial charge in [0.25, 0.3) is 5.91 Å². The Morgan fingerprint density at radius 3 is 3.00 bits per heavy atom. The molecule has 1 fully saturated rings. The molecule has 1 amide bonds. The van der Waals surface area contributed by atoms with Crippen LogP contribution in [0.1, 0.15) is 0 Å². The fourth-order valence-corrected chi connectivity index (χ4v) is 1.51. The van der Waals surface area contributed by atoms with Gasteiger partial charge in [0.05, 0.1) is 4.91 Å². The number of hydrogen-bond donors (Lipinski definition) is 2. The van der Waals surface area contributed by atoms with Gasteiger partial charge >= 0.3 is 5.97 Å². The Morgan fingerprint density at radius 2 is 2.45 bits per heavy atom. The molecule has 0 aliphatic carbocycles. The Morgan fingerprint density at radius 1 is 1.73 bits per heavy atom. The van der Waals surface area contributed by atoms with Crippen molar-refractivity contribution in [1.82, 2.24) is 5.32 Å². The van der Waals surface area contributed by atoms with Crippen LogP contribution >= 0.6 is 11.8 Å². The lowest BCUT2D eigenvalue weighted by atomic mass is 10.4. The maximum absolute atomic E-state index is 10.9. The lowest BCUT2D eigenvalue weighted by molar-refractivity contribution is -0.131. The predicted octanol–water partition coefficient (Wildman–Crippen LogP) is -0.182. The molecule has 1 aliphatic rings. The van der Waals surface area contributed by atoms with Crippen molar-refractivity contribution in [3.63, 3.8) is 0 Å². The summed E-state index contributed by atoms with van der Waals surface area (Å²) in [4.78, 5) is 21.3. The first kappa shape index (κ1) is 8.13. The summed E-state index contributed by atoms with van der Waals surface area (Å²) in [5, 5.41) is 10.9. The van der Waals surface area contributed by atoms with Gasteiger partial charge in [-0.2, -0.15) is 0 Å². The van der Waals surface area contributed by atoms with Crippen LogP contribution in [0.4, 0.5) is 0 Å². The van der Waals surface area contributed by atoms with Gasteiger partial charge in [-0.3, -0.25) is 4.79 Å². The second kappa shape index (κ2) is 3.43. The van der Waals surface area contributed by atoms with Gasteiger partial charge in [0, 0.05) is 18.4 Å². The Hall–Kier alpha value is -0.970. The van der Waals surface area contributed by atoms with Gasteiger partial charge in [-0.05, 0) is 0 Å². The molecule has 0 radical (unpaired) electrons.